The van der Waals surface area contributed by atoms with Crippen LogP contribution in [0.25, 0.3) is 0 Å². The van der Waals surface area contributed by atoms with Crippen molar-refractivity contribution in [2.24, 2.45) is 4.99 Å². The molecule has 2 aliphatic rings. The Morgan fingerprint density at radius 3 is 2.62 bits per heavy atom. The Labute approximate surface area is 204 Å². The van der Waals surface area contributed by atoms with Crippen LogP contribution in [0.4, 0.5) is 18.9 Å². The summed E-state index contributed by atoms with van der Waals surface area (Å²) in [5.74, 6) is 0.453. The first-order valence-corrected chi connectivity index (χ1v) is 10.6. The smallest absolute Gasteiger partial charge is 0.379 e. The van der Waals surface area contributed by atoms with Crippen LogP contribution in [0.15, 0.2) is 23.2 Å². The zero-order chi connectivity index (χ0) is 22.1. The number of nitrogens with zero attached hydrogens (tertiary/aromatic N) is 2. The third-order valence-corrected chi connectivity index (χ3v) is 5.30. The number of rotatable bonds is 8. The fourth-order valence-corrected chi connectivity index (χ4v) is 3.57. The van der Waals surface area contributed by atoms with E-state index < -0.39 is 11.7 Å². The summed E-state index contributed by atoms with van der Waals surface area (Å²) in [5, 5.41) is 6.08. The minimum atomic E-state index is -4.43. The quantitative estimate of drug-likeness (QED) is 0.216. The van der Waals surface area contributed by atoms with Crippen LogP contribution in [0, 0.1) is 0 Å². The van der Waals surface area contributed by atoms with Gasteiger partial charge in [-0.25, -0.2) is 0 Å². The molecule has 1 atom stereocenters. The van der Waals surface area contributed by atoms with Gasteiger partial charge in [0.1, 0.15) is 0 Å². The van der Waals surface area contributed by atoms with Crippen molar-refractivity contribution in [3.05, 3.63) is 29.3 Å². The fraction of sp³-hybridized carbons (Fsp3) is 0.667. The molecule has 2 heterocycles. The lowest BCUT2D eigenvalue weighted by Crippen LogP contribution is -2.38. The maximum absolute atomic E-state index is 13.7. The first-order valence-electron chi connectivity index (χ1n) is 10.6. The van der Waals surface area contributed by atoms with Gasteiger partial charge in [0.05, 0.1) is 31.5 Å². The van der Waals surface area contributed by atoms with Crippen molar-refractivity contribution in [2.45, 2.75) is 31.7 Å². The lowest BCUT2D eigenvalue weighted by atomic mass is 10.0. The van der Waals surface area contributed by atoms with Gasteiger partial charge in [-0.15, -0.1) is 24.0 Å². The molecule has 0 saturated carbocycles. The molecule has 3 rings (SSSR count). The summed E-state index contributed by atoms with van der Waals surface area (Å²) in [7, 11) is 1.59. The van der Waals surface area contributed by atoms with Crippen molar-refractivity contribution in [1.82, 2.24) is 10.6 Å². The number of nitrogens with one attached hydrogen (secondary N) is 2. The SMILES string of the molecule is CN=C(NCCCOC1CCOC1)NCc1ccc(N2CCOCC2)cc1C(F)(F)F.I. The second-order valence-corrected chi connectivity index (χ2v) is 7.50. The Morgan fingerprint density at radius 2 is 1.97 bits per heavy atom. The zero-order valence-corrected chi connectivity index (χ0v) is 20.6. The predicted octanol–water partition coefficient (Wildman–Crippen LogP) is 3.02. The van der Waals surface area contributed by atoms with E-state index >= 15 is 0 Å². The normalized spacial score (nSPS) is 19.6. The van der Waals surface area contributed by atoms with Crippen LogP contribution in [0.2, 0.25) is 0 Å². The number of alkyl halides is 3. The molecule has 182 valence electrons. The maximum Gasteiger partial charge on any atom is 0.416 e. The zero-order valence-electron chi connectivity index (χ0n) is 18.2. The standard InChI is InChI=1S/C21H31F3N4O3.HI/c1-25-20(26-6-2-9-31-18-5-10-30-15-18)27-14-16-3-4-17(13-19(16)21(22,23)24)28-7-11-29-12-8-28;/h3-4,13,18H,2,5-12,14-15H2,1H3,(H2,25,26,27);1H. The fourth-order valence-electron chi connectivity index (χ4n) is 3.57. The van der Waals surface area contributed by atoms with E-state index in [1.54, 1.807) is 13.1 Å². The van der Waals surface area contributed by atoms with Crippen molar-refractivity contribution in [3.63, 3.8) is 0 Å². The van der Waals surface area contributed by atoms with Gasteiger partial charge in [-0.3, -0.25) is 4.99 Å². The van der Waals surface area contributed by atoms with Gasteiger partial charge in [0, 0.05) is 52.1 Å². The van der Waals surface area contributed by atoms with E-state index in [4.69, 9.17) is 14.2 Å². The van der Waals surface area contributed by atoms with Gasteiger partial charge in [-0.2, -0.15) is 13.2 Å². The molecule has 0 spiro atoms. The minimum Gasteiger partial charge on any atom is -0.379 e. The lowest BCUT2D eigenvalue weighted by molar-refractivity contribution is -0.138. The van der Waals surface area contributed by atoms with E-state index in [0.29, 0.717) is 57.7 Å². The highest BCUT2D eigenvalue weighted by Crippen LogP contribution is 2.35. The second kappa shape index (κ2) is 13.4. The number of benzene rings is 1. The van der Waals surface area contributed by atoms with E-state index in [0.717, 1.165) is 19.4 Å². The molecule has 1 aromatic carbocycles. The van der Waals surface area contributed by atoms with Crippen molar-refractivity contribution in [1.29, 1.82) is 0 Å². The monoisotopic (exact) mass is 572 g/mol. The van der Waals surface area contributed by atoms with Gasteiger partial charge in [-0.1, -0.05) is 6.07 Å². The molecule has 1 aromatic rings. The Kier molecular flexibility index (Phi) is 11.3. The van der Waals surface area contributed by atoms with Crippen LogP contribution in [-0.2, 0) is 26.9 Å². The summed E-state index contributed by atoms with van der Waals surface area (Å²) in [6, 6.07) is 4.49. The topological polar surface area (TPSA) is 67.4 Å². The molecule has 11 heteroatoms. The van der Waals surface area contributed by atoms with E-state index in [2.05, 4.69) is 15.6 Å². The molecule has 0 aromatic heterocycles. The van der Waals surface area contributed by atoms with E-state index in [1.165, 1.54) is 12.1 Å². The molecule has 2 N–H and O–H groups in total. The van der Waals surface area contributed by atoms with Crippen LogP contribution in [-0.4, -0.2) is 71.8 Å². The highest BCUT2D eigenvalue weighted by atomic mass is 127. The number of hydrogen-bond donors (Lipinski definition) is 2. The summed E-state index contributed by atoms with van der Waals surface area (Å²) in [6.45, 7) is 4.82. The third kappa shape index (κ3) is 8.23. The highest BCUT2D eigenvalue weighted by Gasteiger charge is 2.34. The summed E-state index contributed by atoms with van der Waals surface area (Å²) >= 11 is 0. The first-order chi connectivity index (χ1) is 15.0. The molecule has 7 nitrogen and oxygen atoms in total. The van der Waals surface area contributed by atoms with Gasteiger partial charge in [0.2, 0.25) is 0 Å². The van der Waals surface area contributed by atoms with Crippen LogP contribution in [0.5, 0.6) is 0 Å². The minimum absolute atomic E-state index is 0. The van der Waals surface area contributed by atoms with E-state index in [-0.39, 0.29) is 42.2 Å². The molecule has 1 unspecified atom stereocenters. The van der Waals surface area contributed by atoms with Gasteiger partial charge in [0.25, 0.3) is 0 Å². The third-order valence-electron chi connectivity index (χ3n) is 5.30. The van der Waals surface area contributed by atoms with Crippen molar-refractivity contribution in [2.75, 3.05) is 64.6 Å². The lowest BCUT2D eigenvalue weighted by Gasteiger charge is -2.29. The average Bonchev–Trinajstić information content (AvgIpc) is 3.29. The van der Waals surface area contributed by atoms with E-state index in [1.807, 2.05) is 4.90 Å². The number of ether oxygens (including phenoxy) is 3. The van der Waals surface area contributed by atoms with Crippen molar-refractivity contribution in [3.8, 4) is 0 Å². The summed E-state index contributed by atoms with van der Waals surface area (Å²) in [4.78, 5) is 6.00. The Morgan fingerprint density at radius 1 is 1.19 bits per heavy atom. The summed E-state index contributed by atoms with van der Waals surface area (Å²) in [5.41, 5.74) is 0.109. The second-order valence-electron chi connectivity index (χ2n) is 7.50. The molecule has 0 bridgehead atoms. The van der Waals surface area contributed by atoms with E-state index in [9.17, 15) is 13.2 Å². The van der Waals surface area contributed by atoms with Gasteiger partial charge in [0.15, 0.2) is 5.96 Å². The van der Waals surface area contributed by atoms with Crippen LogP contribution < -0.4 is 15.5 Å². The molecule has 2 fully saturated rings. The number of anilines is 1. The Balaban J connectivity index is 0.00000363. The largest absolute Gasteiger partial charge is 0.416 e. The van der Waals surface area contributed by atoms with Crippen LogP contribution in [0.1, 0.15) is 24.0 Å². The highest BCUT2D eigenvalue weighted by molar-refractivity contribution is 14.0. The summed E-state index contributed by atoms with van der Waals surface area (Å²) < 4.78 is 57.3. The number of aliphatic imine (C=N–C) groups is 1. The molecule has 2 saturated heterocycles. The number of halogens is 4. The van der Waals surface area contributed by atoms with Crippen LogP contribution >= 0.6 is 24.0 Å². The van der Waals surface area contributed by atoms with Crippen LogP contribution in [0.3, 0.4) is 0 Å². The number of guanidine groups is 1. The maximum atomic E-state index is 13.7. The van der Waals surface area contributed by atoms with Crippen molar-refractivity contribution >= 4 is 35.6 Å². The molecule has 0 amide bonds. The van der Waals surface area contributed by atoms with Gasteiger partial charge in [-0.05, 0) is 30.5 Å². The molecular weight excluding hydrogens is 540 g/mol. The number of hydrogen-bond acceptors (Lipinski definition) is 5. The first kappa shape index (κ1) is 26.9. The number of morpholine rings is 1. The Hall–Kier alpha value is -1.31. The molecule has 32 heavy (non-hydrogen) atoms. The van der Waals surface area contributed by atoms with Crippen molar-refractivity contribution < 1.29 is 27.4 Å². The average molecular weight is 572 g/mol. The Bertz CT molecular complexity index is 725. The van der Waals surface area contributed by atoms with Gasteiger partial charge < -0.3 is 29.7 Å². The predicted molar refractivity (Wildman–Crippen MR) is 128 cm³/mol. The molecule has 2 aliphatic heterocycles. The van der Waals surface area contributed by atoms with Gasteiger partial charge >= 0.3 is 6.18 Å². The molecule has 0 aliphatic carbocycles. The summed E-state index contributed by atoms with van der Waals surface area (Å²) in [6.07, 6.45) is -2.59. The molecular formula is C21H32F3IN4O3. The molecule has 0 radical (unpaired) electrons.